The van der Waals surface area contributed by atoms with Gasteiger partial charge in [0.15, 0.2) is 6.29 Å². The maximum atomic E-state index is 12.6. The summed E-state index contributed by atoms with van der Waals surface area (Å²) < 4.78 is 11.2. The van der Waals surface area contributed by atoms with Crippen molar-refractivity contribution in [3.05, 3.63) is 34.9 Å². The summed E-state index contributed by atoms with van der Waals surface area (Å²) in [5, 5.41) is 0. The van der Waals surface area contributed by atoms with Crippen LogP contribution in [0.4, 0.5) is 0 Å². The monoisotopic (exact) mass is 386 g/mol. The molecule has 2 fully saturated rings. The van der Waals surface area contributed by atoms with Gasteiger partial charge in [-0.25, -0.2) is 0 Å². The van der Waals surface area contributed by atoms with Gasteiger partial charge in [0.25, 0.3) is 11.8 Å². The second kappa shape index (κ2) is 8.01. The minimum atomic E-state index is -0.263. The number of hydrogen-bond donors (Lipinski definition) is 0. The minimum Gasteiger partial charge on any atom is -0.350 e. The lowest BCUT2D eigenvalue weighted by atomic mass is 9.97. The summed E-state index contributed by atoms with van der Waals surface area (Å²) in [6.45, 7) is 4.80. The molecule has 3 heterocycles. The Bertz CT molecular complexity index is 787. The summed E-state index contributed by atoms with van der Waals surface area (Å²) in [5.41, 5.74) is 1.87. The van der Waals surface area contributed by atoms with E-state index in [1.165, 1.54) is 4.90 Å². The Morgan fingerprint density at radius 1 is 1.14 bits per heavy atom. The number of carbonyl (C=O) groups excluding carboxylic acids is 3. The fraction of sp³-hybridized carbons (Fsp3) is 0.571. The molecule has 2 saturated heterocycles. The largest absolute Gasteiger partial charge is 0.350 e. The van der Waals surface area contributed by atoms with E-state index in [9.17, 15) is 14.4 Å². The summed E-state index contributed by atoms with van der Waals surface area (Å²) >= 11 is 0. The Kier molecular flexibility index (Phi) is 5.46. The van der Waals surface area contributed by atoms with E-state index in [0.29, 0.717) is 43.7 Å². The molecule has 3 aliphatic heterocycles. The molecule has 1 unspecified atom stereocenters. The molecule has 1 aromatic carbocycles. The van der Waals surface area contributed by atoms with Gasteiger partial charge in [0.2, 0.25) is 5.91 Å². The number of hydrogen-bond acceptors (Lipinski definition) is 5. The van der Waals surface area contributed by atoms with Gasteiger partial charge in [0.1, 0.15) is 0 Å². The maximum Gasteiger partial charge on any atom is 0.261 e. The van der Waals surface area contributed by atoms with Crippen molar-refractivity contribution < 1.29 is 23.9 Å². The molecule has 0 radical (unpaired) electrons. The molecule has 0 aliphatic carbocycles. The number of fused-ring (bicyclic) bond motifs is 1. The fourth-order valence-electron chi connectivity index (χ4n) is 4.26. The highest BCUT2D eigenvalue weighted by Gasteiger charge is 2.36. The van der Waals surface area contributed by atoms with Gasteiger partial charge >= 0.3 is 0 Å². The first kappa shape index (κ1) is 19.1. The van der Waals surface area contributed by atoms with E-state index in [-0.39, 0.29) is 36.5 Å². The van der Waals surface area contributed by atoms with Gasteiger partial charge in [0.05, 0.1) is 24.3 Å². The molecule has 150 valence electrons. The van der Waals surface area contributed by atoms with Gasteiger partial charge in [0, 0.05) is 32.0 Å². The van der Waals surface area contributed by atoms with Crippen molar-refractivity contribution in [3.8, 4) is 0 Å². The lowest BCUT2D eigenvalue weighted by Gasteiger charge is -2.34. The van der Waals surface area contributed by atoms with E-state index in [2.05, 4.69) is 0 Å². The van der Waals surface area contributed by atoms with Crippen molar-refractivity contribution >= 4 is 17.7 Å². The van der Waals surface area contributed by atoms with Crippen LogP contribution in [0.2, 0.25) is 0 Å². The second-order valence-electron chi connectivity index (χ2n) is 7.77. The number of ether oxygens (including phenoxy) is 2. The highest BCUT2D eigenvalue weighted by atomic mass is 16.7. The topological polar surface area (TPSA) is 76.2 Å². The summed E-state index contributed by atoms with van der Waals surface area (Å²) in [6, 6.07) is 5.29. The third kappa shape index (κ3) is 3.69. The van der Waals surface area contributed by atoms with Gasteiger partial charge in [-0.3, -0.25) is 19.3 Å². The van der Waals surface area contributed by atoms with Crippen molar-refractivity contribution in [1.29, 1.82) is 0 Å². The summed E-state index contributed by atoms with van der Waals surface area (Å²) in [7, 11) is 0. The van der Waals surface area contributed by atoms with E-state index >= 15 is 0 Å². The summed E-state index contributed by atoms with van der Waals surface area (Å²) in [6.07, 6.45) is 2.55. The van der Waals surface area contributed by atoms with Gasteiger partial charge in [-0.2, -0.15) is 0 Å². The number of likely N-dealkylation sites (tertiary alicyclic amines) is 1. The van der Waals surface area contributed by atoms with E-state index in [0.717, 1.165) is 24.9 Å². The van der Waals surface area contributed by atoms with Crippen molar-refractivity contribution in [2.45, 2.75) is 38.9 Å². The SMILES string of the molecule is Cc1ccc2c(c1)C(=O)N(CCCC(=O)N1CCCC(C3OCCO3)C1)C2=O. The zero-order valence-electron chi connectivity index (χ0n) is 16.2. The third-order valence-electron chi connectivity index (χ3n) is 5.74. The Labute approximate surface area is 164 Å². The Morgan fingerprint density at radius 3 is 2.68 bits per heavy atom. The van der Waals surface area contributed by atoms with Crippen LogP contribution >= 0.6 is 0 Å². The molecule has 0 spiro atoms. The van der Waals surface area contributed by atoms with Crippen LogP contribution in [0.1, 0.15) is 52.0 Å². The number of piperidine rings is 1. The number of carbonyl (C=O) groups is 3. The molecule has 1 aromatic rings. The predicted molar refractivity (Wildman–Crippen MR) is 101 cm³/mol. The molecule has 0 aromatic heterocycles. The van der Waals surface area contributed by atoms with E-state index in [1.54, 1.807) is 12.1 Å². The smallest absolute Gasteiger partial charge is 0.261 e. The molecule has 4 rings (SSSR count). The average molecular weight is 386 g/mol. The Balaban J connectivity index is 1.28. The molecule has 3 amide bonds. The number of amides is 3. The van der Waals surface area contributed by atoms with E-state index in [4.69, 9.17) is 9.47 Å². The van der Waals surface area contributed by atoms with Crippen LogP contribution < -0.4 is 0 Å². The Morgan fingerprint density at radius 2 is 1.89 bits per heavy atom. The van der Waals surface area contributed by atoms with Gasteiger partial charge in [-0.15, -0.1) is 0 Å². The number of nitrogens with zero attached hydrogens (tertiary/aromatic N) is 2. The maximum absolute atomic E-state index is 12.6. The molecule has 7 nitrogen and oxygen atoms in total. The van der Waals surface area contributed by atoms with Crippen molar-refractivity contribution in [2.24, 2.45) is 5.92 Å². The number of aryl methyl sites for hydroxylation is 1. The van der Waals surface area contributed by atoms with Crippen molar-refractivity contribution in [1.82, 2.24) is 9.80 Å². The highest BCUT2D eigenvalue weighted by Crippen LogP contribution is 2.26. The Hall–Kier alpha value is -2.25. The van der Waals surface area contributed by atoms with Crippen LogP contribution in [0.15, 0.2) is 18.2 Å². The zero-order valence-corrected chi connectivity index (χ0v) is 16.2. The molecular formula is C21H26N2O5. The quantitative estimate of drug-likeness (QED) is 0.724. The van der Waals surface area contributed by atoms with Crippen LogP contribution in [0.25, 0.3) is 0 Å². The van der Waals surface area contributed by atoms with Crippen LogP contribution in [0.3, 0.4) is 0 Å². The average Bonchev–Trinajstić information content (AvgIpc) is 3.31. The molecule has 3 aliphatic rings. The first-order valence-corrected chi connectivity index (χ1v) is 10.0. The van der Waals surface area contributed by atoms with Crippen LogP contribution in [-0.4, -0.2) is 66.7 Å². The molecule has 1 atom stereocenters. The van der Waals surface area contributed by atoms with E-state index < -0.39 is 0 Å². The number of benzene rings is 1. The number of rotatable bonds is 5. The summed E-state index contributed by atoms with van der Waals surface area (Å²) in [5.74, 6) is -0.236. The van der Waals surface area contributed by atoms with Crippen LogP contribution in [0.5, 0.6) is 0 Å². The van der Waals surface area contributed by atoms with Gasteiger partial charge in [-0.1, -0.05) is 11.6 Å². The lowest BCUT2D eigenvalue weighted by Crippen LogP contribution is -2.44. The fourth-order valence-corrected chi connectivity index (χ4v) is 4.26. The molecule has 0 bridgehead atoms. The van der Waals surface area contributed by atoms with E-state index in [1.807, 2.05) is 17.9 Å². The standard InChI is InChI=1S/C21H26N2O5/c1-14-6-7-16-17(12-14)20(26)23(19(16)25)9-3-5-18(24)22-8-2-4-15(13-22)21-27-10-11-28-21/h6-7,12,15,21H,2-5,8-11,13H2,1H3. The first-order valence-electron chi connectivity index (χ1n) is 10.0. The third-order valence-corrected chi connectivity index (χ3v) is 5.74. The second-order valence-corrected chi connectivity index (χ2v) is 7.77. The van der Waals surface area contributed by atoms with Gasteiger partial charge < -0.3 is 14.4 Å². The molecule has 28 heavy (non-hydrogen) atoms. The van der Waals surface area contributed by atoms with Gasteiger partial charge in [-0.05, 0) is 38.3 Å². The van der Waals surface area contributed by atoms with Crippen molar-refractivity contribution in [3.63, 3.8) is 0 Å². The van der Waals surface area contributed by atoms with Crippen molar-refractivity contribution in [2.75, 3.05) is 32.8 Å². The van der Waals surface area contributed by atoms with Crippen LogP contribution in [-0.2, 0) is 14.3 Å². The molecule has 0 N–H and O–H groups in total. The minimum absolute atomic E-state index is 0.0650. The zero-order chi connectivity index (χ0) is 19.7. The lowest BCUT2D eigenvalue weighted by molar-refractivity contribution is -0.139. The molecule has 7 heteroatoms. The molecular weight excluding hydrogens is 360 g/mol. The normalized spacial score (nSPS) is 22.8. The number of imide groups is 1. The summed E-state index contributed by atoms with van der Waals surface area (Å²) in [4.78, 5) is 40.7. The predicted octanol–water partition coefficient (Wildman–Crippen LogP) is 1.98. The first-order chi connectivity index (χ1) is 13.5. The highest BCUT2D eigenvalue weighted by molar-refractivity contribution is 6.21. The molecule has 0 saturated carbocycles. The van der Waals surface area contributed by atoms with Crippen LogP contribution in [0, 0.1) is 12.8 Å².